The van der Waals surface area contributed by atoms with Gasteiger partial charge in [0.05, 0.1) is 0 Å². The summed E-state index contributed by atoms with van der Waals surface area (Å²) in [6.45, 7) is 7.81. The number of aromatic amines is 1. The molecular weight excluding hydrogens is 306 g/mol. The van der Waals surface area contributed by atoms with Crippen molar-refractivity contribution in [2.75, 3.05) is 4.90 Å². The largest absolute Gasteiger partial charge is 0.443 e. The number of hydrogen-bond acceptors (Lipinski definition) is 5. The van der Waals surface area contributed by atoms with E-state index in [4.69, 9.17) is 17.0 Å². The van der Waals surface area contributed by atoms with Crippen molar-refractivity contribution in [1.82, 2.24) is 10.2 Å². The third kappa shape index (κ3) is 4.26. The monoisotopic (exact) mass is 329 g/mol. The lowest BCUT2D eigenvalue weighted by molar-refractivity contribution is 0.0545. The van der Waals surface area contributed by atoms with Gasteiger partial charge in [-0.25, -0.2) is 9.69 Å². The van der Waals surface area contributed by atoms with Gasteiger partial charge >= 0.3 is 6.09 Å². The second kappa shape index (κ2) is 6.44. The van der Waals surface area contributed by atoms with E-state index in [1.807, 2.05) is 20.8 Å². The fourth-order valence-corrected chi connectivity index (χ4v) is 3.60. The number of H-pyrrole nitrogens is 1. The normalized spacial score (nSPS) is 22.9. The van der Waals surface area contributed by atoms with Crippen LogP contribution in [0.3, 0.4) is 0 Å². The average molecular weight is 329 g/mol. The third-order valence-corrected chi connectivity index (χ3v) is 4.71. The van der Waals surface area contributed by atoms with Crippen LogP contribution in [0.4, 0.5) is 9.93 Å². The molecule has 1 fully saturated rings. The molecule has 1 N–H and O–H groups in total. The van der Waals surface area contributed by atoms with E-state index in [1.54, 1.807) is 4.90 Å². The fourth-order valence-electron chi connectivity index (χ4n) is 2.67. The molecular formula is C14H23N3O2S2. The first-order valence-electron chi connectivity index (χ1n) is 7.35. The van der Waals surface area contributed by atoms with E-state index in [1.165, 1.54) is 17.8 Å². The summed E-state index contributed by atoms with van der Waals surface area (Å²) in [6.07, 6.45) is 4.12. The van der Waals surface area contributed by atoms with Gasteiger partial charge in [0.2, 0.25) is 5.13 Å². The van der Waals surface area contributed by atoms with Gasteiger partial charge in [-0.1, -0.05) is 31.1 Å². The Balaban J connectivity index is 2.30. The molecule has 2 unspecified atom stereocenters. The molecule has 0 spiro atoms. The van der Waals surface area contributed by atoms with Crippen LogP contribution < -0.4 is 4.90 Å². The zero-order valence-corrected chi connectivity index (χ0v) is 14.6. The first-order chi connectivity index (χ1) is 9.78. The maximum absolute atomic E-state index is 12.6. The number of nitrogens with zero attached hydrogens (tertiary/aromatic N) is 2. The minimum atomic E-state index is -0.523. The molecule has 0 aromatic carbocycles. The Bertz CT molecular complexity index is 547. The summed E-state index contributed by atoms with van der Waals surface area (Å²) >= 11 is 6.42. The predicted molar refractivity (Wildman–Crippen MR) is 87.4 cm³/mol. The smallest absolute Gasteiger partial charge is 0.416 e. The number of carbonyl (C=O) groups is 1. The molecule has 1 aliphatic carbocycles. The van der Waals surface area contributed by atoms with Crippen molar-refractivity contribution in [2.45, 2.75) is 65.0 Å². The van der Waals surface area contributed by atoms with Crippen LogP contribution >= 0.6 is 23.6 Å². The van der Waals surface area contributed by atoms with Gasteiger partial charge in [0.1, 0.15) is 5.60 Å². The molecule has 2 rings (SSSR count). The van der Waals surface area contributed by atoms with Crippen molar-refractivity contribution in [1.29, 1.82) is 0 Å². The van der Waals surface area contributed by atoms with Gasteiger partial charge in [-0.2, -0.15) is 0 Å². The highest BCUT2D eigenvalue weighted by Crippen LogP contribution is 2.33. The van der Waals surface area contributed by atoms with Crippen LogP contribution in [0.2, 0.25) is 0 Å². The molecule has 1 aliphatic rings. The maximum Gasteiger partial charge on any atom is 0.416 e. The first-order valence-corrected chi connectivity index (χ1v) is 8.58. The predicted octanol–water partition coefficient (Wildman–Crippen LogP) is 4.52. The number of aromatic nitrogens is 2. The molecule has 1 aromatic rings. The second-order valence-corrected chi connectivity index (χ2v) is 8.22. The first kappa shape index (κ1) is 16.4. The summed E-state index contributed by atoms with van der Waals surface area (Å²) in [7, 11) is 0. The van der Waals surface area contributed by atoms with Crippen LogP contribution in [0.15, 0.2) is 0 Å². The van der Waals surface area contributed by atoms with Crippen molar-refractivity contribution in [3.63, 3.8) is 0 Å². The van der Waals surface area contributed by atoms with Crippen molar-refractivity contribution < 1.29 is 9.53 Å². The van der Waals surface area contributed by atoms with Crippen LogP contribution in [0.1, 0.15) is 53.4 Å². The molecule has 7 heteroatoms. The van der Waals surface area contributed by atoms with E-state index in [0.29, 0.717) is 15.0 Å². The van der Waals surface area contributed by atoms with Crippen LogP contribution in [0.5, 0.6) is 0 Å². The molecule has 1 amide bonds. The molecule has 0 saturated heterocycles. The Morgan fingerprint density at radius 3 is 2.62 bits per heavy atom. The Labute approximate surface area is 134 Å². The maximum atomic E-state index is 12.6. The van der Waals surface area contributed by atoms with Crippen molar-refractivity contribution in [3.8, 4) is 0 Å². The minimum absolute atomic E-state index is 0.127. The van der Waals surface area contributed by atoms with Gasteiger partial charge < -0.3 is 4.74 Å². The standard InChI is InChI=1S/C14H23N3O2S2/c1-9-7-5-6-8-10(9)17(11-15-16-12(20)21-11)13(18)19-14(2,3)4/h9-10H,5-8H2,1-4H3,(H,16,20). The Kier molecular flexibility index (Phi) is 5.03. The highest BCUT2D eigenvalue weighted by atomic mass is 32.1. The molecule has 118 valence electrons. The number of nitrogens with one attached hydrogen (secondary N) is 1. The number of rotatable bonds is 2. The Morgan fingerprint density at radius 2 is 2.10 bits per heavy atom. The molecule has 2 atom stereocenters. The quantitative estimate of drug-likeness (QED) is 0.810. The van der Waals surface area contributed by atoms with Gasteiger partial charge in [0.15, 0.2) is 3.95 Å². The number of ether oxygens (including phenoxy) is 1. The van der Waals surface area contributed by atoms with E-state index in [2.05, 4.69) is 17.1 Å². The highest BCUT2D eigenvalue weighted by Gasteiger charge is 2.35. The van der Waals surface area contributed by atoms with Crippen LogP contribution in [-0.2, 0) is 4.74 Å². The third-order valence-electron chi connectivity index (χ3n) is 3.62. The summed E-state index contributed by atoms with van der Waals surface area (Å²) in [5.41, 5.74) is -0.523. The topological polar surface area (TPSA) is 58.2 Å². The summed E-state index contributed by atoms with van der Waals surface area (Å²) in [6, 6.07) is 0.127. The highest BCUT2D eigenvalue weighted by molar-refractivity contribution is 7.73. The van der Waals surface area contributed by atoms with E-state index < -0.39 is 5.60 Å². The number of carbonyl (C=O) groups excluding carboxylic acids is 1. The molecule has 0 aliphatic heterocycles. The molecule has 0 radical (unpaired) electrons. The van der Waals surface area contributed by atoms with Gasteiger partial charge in [-0.05, 0) is 51.7 Å². The van der Waals surface area contributed by atoms with Gasteiger partial charge in [-0.3, -0.25) is 5.10 Å². The average Bonchev–Trinajstić information content (AvgIpc) is 2.76. The van der Waals surface area contributed by atoms with Crippen LogP contribution in [0, 0.1) is 9.87 Å². The molecule has 1 heterocycles. The summed E-state index contributed by atoms with van der Waals surface area (Å²) < 4.78 is 6.14. The lowest BCUT2D eigenvalue weighted by atomic mass is 9.85. The lowest BCUT2D eigenvalue weighted by Gasteiger charge is -2.37. The lowest BCUT2D eigenvalue weighted by Crippen LogP contribution is -2.47. The molecule has 21 heavy (non-hydrogen) atoms. The Hall–Kier alpha value is -0.950. The van der Waals surface area contributed by atoms with E-state index in [0.717, 1.165) is 19.3 Å². The zero-order valence-electron chi connectivity index (χ0n) is 13.0. The Morgan fingerprint density at radius 1 is 1.43 bits per heavy atom. The zero-order chi connectivity index (χ0) is 15.6. The molecule has 1 aromatic heterocycles. The van der Waals surface area contributed by atoms with E-state index in [-0.39, 0.29) is 12.1 Å². The second-order valence-electron chi connectivity index (χ2n) is 6.58. The van der Waals surface area contributed by atoms with Gasteiger partial charge in [0.25, 0.3) is 0 Å². The summed E-state index contributed by atoms with van der Waals surface area (Å²) in [5, 5.41) is 7.55. The molecule has 0 bridgehead atoms. The summed E-state index contributed by atoms with van der Waals surface area (Å²) in [5.74, 6) is 0.434. The number of amides is 1. The van der Waals surface area contributed by atoms with E-state index in [9.17, 15) is 4.79 Å². The van der Waals surface area contributed by atoms with Gasteiger partial charge in [-0.15, -0.1) is 5.10 Å². The van der Waals surface area contributed by atoms with Crippen molar-refractivity contribution >= 4 is 34.8 Å². The van der Waals surface area contributed by atoms with E-state index >= 15 is 0 Å². The fraction of sp³-hybridized carbons (Fsp3) is 0.786. The molecule has 1 saturated carbocycles. The number of hydrogen-bond donors (Lipinski definition) is 1. The summed E-state index contributed by atoms with van der Waals surface area (Å²) in [4.78, 5) is 14.3. The molecule has 5 nitrogen and oxygen atoms in total. The van der Waals surface area contributed by atoms with Crippen molar-refractivity contribution in [2.24, 2.45) is 5.92 Å². The van der Waals surface area contributed by atoms with Crippen molar-refractivity contribution in [3.05, 3.63) is 3.95 Å². The van der Waals surface area contributed by atoms with Crippen LogP contribution in [-0.4, -0.2) is 27.9 Å². The minimum Gasteiger partial charge on any atom is -0.443 e. The number of anilines is 1. The van der Waals surface area contributed by atoms with Crippen LogP contribution in [0.25, 0.3) is 0 Å². The SMILES string of the molecule is CC1CCCCC1N(C(=O)OC(C)(C)C)c1n[nH]c(=S)s1. The van der Waals surface area contributed by atoms with Gasteiger partial charge in [0, 0.05) is 6.04 Å².